The average Bonchev–Trinajstić information content (AvgIpc) is 3.12. The molecule has 7 heteroatoms. The summed E-state index contributed by atoms with van der Waals surface area (Å²) < 4.78 is 14.3. The molecule has 0 bridgehead atoms. The second kappa shape index (κ2) is 10.0. The fourth-order valence-corrected chi connectivity index (χ4v) is 3.80. The minimum absolute atomic E-state index is 0.0774. The van der Waals surface area contributed by atoms with Gasteiger partial charge in [-0.05, 0) is 72.1 Å². The van der Waals surface area contributed by atoms with Gasteiger partial charge in [0, 0.05) is 24.7 Å². The maximum Gasteiger partial charge on any atom is 0.253 e. The van der Waals surface area contributed by atoms with Gasteiger partial charge in [-0.3, -0.25) is 9.48 Å². The van der Waals surface area contributed by atoms with Gasteiger partial charge in [-0.1, -0.05) is 12.1 Å². The monoisotopic (exact) mass is 485 g/mol. The van der Waals surface area contributed by atoms with E-state index in [1.807, 2.05) is 49.7 Å². The van der Waals surface area contributed by atoms with Crippen molar-refractivity contribution in [1.29, 1.82) is 0 Å². The van der Waals surface area contributed by atoms with E-state index >= 15 is 0 Å². The average molecular weight is 486 g/mol. The number of aromatic nitrogens is 2. The van der Waals surface area contributed by atoms with Crippen LogP contribution in [0.3, 0.4) is 0 Å². The molecular formula is C24H28BrN3O3. The molecule has 0 atom stereocenters. The maximum atomic E-state index is 13.1. The molecule has 1 heterocycles. The molecule has 1 amide bonds. The number of hydrogen-bond donors (Lipinski definition) is 0. The predicted molar refractivity (Wildman–Crippen MR) is 125 cm³/mol. The summed E-state index contributed by atoms with van der Waals surface area (Å²) in [4.78, 5) is 14.8. The SMILES string of the molecule is CCn1ncc(Br)c1CN(C)C(=O)c1ccc(OC)c(COc2cc(C)ccc2C)c1. The summed E-state index contributed by atoms with van der Waals surface area (Å²) in [6.07, 6.45) is 1.76. The van der Waals surface area contributed by atoms with Crippen LogP contribution < -0.4 is 9.47 Å². The number of amides is 1. The molecule has 0 saturated carbocycles. The Morgan fingerprint density at radius 1 is 1.16 bits per heavy atom. The normalized spacial score (nSPS) is 10.8. The quantitative estimate of drug-likeness (QED) is 0.443. The summed E-state index contributed by atoms with van der Waals surface area (Å²) >= 11 is 3.52. The number of hydrogen-bond acceptors (Lipinski definition) is 4. The number of carbonyl (C=O) groups is 1. The molecular weight excluding hydrogens is 458 g/mol. The van der Waals surface area contributed by atoms with Gasteiger partial charge in [0.2, 0.25) is 0 Å². The number of ether oxygens (including phenoxy) is 2. The molecule has 0 aliphatic heterocycles. The molecule has 0 unspecified atom stereocenters. The molecule has 0 aliphatic carbocycles. The van der Waals surface area contributed by atoms with Crippen molar-refractivity contribution >= 4 is 21.8 Å². The zero-order chi connectivity index (χ0) is 22.5. The van der Waals surface area contributed by atoms with Crippen molar-refractivity contribution in [2.75, 3.05) is 14.2 Å². The number of methoxy groups -OCH3 is 1. The number of rotatable bonds is 8. The Bertz CT molecular complexity index is 1080. The molecule has 0 aliphatic rings. The minimum Gasteiger partial charge on any atom is -0.496 e. The van der Waals surface area contributed by atoms with Crippen LogP contribution in [0.5, 0.6) is 11.5 Å². The first-order chi connectivity index (χ1) is 14.8. The Labute approximate surface area is 191 Å². The van der Waals surface area contributed by atoms with Crippen molar-refractivity contribution in [2.45, 2.75) is 40.5 Å². The van der Waals surface area contributed by atoms with Gasteiger partial charge in [0.05, 0.1) is 30.0 Å². The van der Waals surface area contributed by atoms with Crippen LogP contribution in [0.1, 0.15) is 39.7 Å². The molecule has 0 fully saturated rings. The molecule has 6 nitrogen and oxygen atoms in total. The molecule has 0 saturated heterocycles. The van der Waals surface area contributed by atoms with Gasteiger partial charge in [0.25, 0.3) is 5.91 Å². The fraction of sp³-hybridized carbons (Fsp3) is 0.333. The third-order valence-electron chi connectivity index (χ3n) is 5.19. The lowest BCUT2D eigenvalue weighted by molar-refractivity contribution is 0.0781. The molecule has 3 aromatic rings. The standard InChI is InChI=1S/C24H28BrN3O3/c1-6-28-21(20(25)13-26-28)14-27(4)24(29)18-9-10-22(30-5)19(12-18)15-31-23-11-16(2)7-8-17(23)3/h7-13H,6,14-15H2,1-5H3. The van der Waals surface area contributed by atoms with E-state index in [2.05, 4.69) is 27.1 Å². The second-order valence-corrected chi connectivity index (χ2v) is 8.35. The van der Waals surface area contributed by atoms with E-state index in [0.717, 1.165) is 39.2 Å². The zero-order valence-corrected chi connectivity index (χ0v) is 20.2. The Balaban J connectivity index is 1.79. The van der Waals surface area contributed by atoms with Crippen LogP contribution in [0.4, 0.5) is 0 Å². The van der Waals surface area contributed by atoms with Gasteiger partial charge in [0.1, 0.15) is 18.1 Å². The van der Waals surface area contributed by atoms with Crippen LogP contribution >= 0.6 is 15.9 Å². The van der Waals surface area contributed by atoms with Crippen LogP contribution in [0.2, 0.25) is 0 Å². The van der Waals surface area contributed by atoms with Crippen molar-refractivity contribution < 1.29 is 14.3 Å². The Hall–Kier alpha value is -2.80. The summed E-state index contributed by atoms with van der Waals surface area (Å²) in [6.45, 7) is 7.58. The van der Waals surface area contributed by atoms with Crippen molar-refractivity contribution in [1.82, 2.24) is 14.7 Å². The van der Waals surface area contributed by atoms with Gasteiger partial charge < -0.3 is 14.4 Å². The van der Waals surface area contributed by atoms with Gasteiger partial charge in [0.15, 0.2) is 0 Å². The Morgan fingerprint density at radius 2 is 1.94 bits per heavy atom. The van der Waals surface area contributed by atoms with E-state index in [-0.39, 0.29) is 5.91 Å². The third kappa shape index (κ3) is 5.28. The molecule has 0 N–H and O–H groups in total. The van der Waals surface area contributed by atoms with Crippen molar-refractivity contribution in [3.8, 4) is 11.5 Å². The number of carbonyl (C=O) groups excluding carboxylic acids is 1. The van der Waals surface area contributed by atoms with E-state index in [9.17, 15) is 4.79 Å². The fourth-order valence-electron chi connectivity index (χ4n) is 3.38. The highest BCUT2D eigenvalue weighted by Crippen LogP contribution is 2.26. The summed E-state index contributed by atoms with van der Waals surface area (Å²) in [5.74, 6) is 1.44. The van der Waals surface area contributed by atoms with Crippen molar-refractivity contribution in [2.24, 2.45) is 0 Å². The second-order valence-electron chi connectivity index (χ2n) is 7.50. The molecule has 2 aromatic carbocycles. The number of nitrogens with zero attached hydrogens (tertiary/aromatic N) is 3. The maximum absolute atomic E-state index is 13.1. The topological polar surface area (TPSA) is 56.6 Å². The largest absolute Gasteiger partial charge is 0.496 e. The summed E-state index contributed by atoms with van der Waals surface area (Å²) in [7, 11) is 3.41. The summed E-state index contributed by atoms with van der Waals surface area (Å²) in [6, 6.07) is 11.5. The van der Waals surface area contributed by atoms with E-state index in [4.69, 9.17) is 9.47 Å². The molecule has 1 aromatic heterocycles. The third-order valence-corrected chi connectivity index (χ3v) is 5.85. The van der Waals surface area contributed by atoms with Crippen LogP contribution in [-0.4, -0.2) is 34.7 Å². The molecule has 164 valence electrons. The highest BCUT2D eigenvalue weighted by Gasteiger charge is 2.18. The van der Waals surface area contributed by atoms with Gasteiger partial charge in [-0.2, -0.15) is 5.10 Å². The highest BCUT2D eigenvalue weighted by atomic mass is 79.9. The number of aryl methyl sites for hydroxylation is 3. The lowest BCUT2D eigenvalue weighted by Crippen LogP contribution is -2.27. The summed E-state index contributed by atoms with van der Waals surface area (Å²) in [5.41, 5.74) is 4.57. The van der Waals surface area contributed by atoms with Crippen molar-refractivity contribution in [3.05, 3.63) is 75.0 Å². The van der Waals surface area contributed by atoms with Crippen LogP contribution in [0, 0.1) is 13.8 Å². The van der Waals surface area contributed by atoms with E-state index in [0.29, 0.717) is 24.5 Å². The predicted octanol–water partition coefficient (Wildman–Crippen LogP) is 5.14. The van der Waals surface area contributed by atoms with Gasteiger partial charge in [-0.25, -0.2) is 0 Å². The molecule has 0 radical (unpaired) electrons. The first-order valence-corrected chi connectivity index (χ1v) is 11.0. The first kappa shape index (κ1) is 22.9. The van der Waals surface area contributed by atoms with Crippen LogP contribution in [0.25, 0.3) is 0 Å². The number of halogens is 1. The highest BCUT2D eigenvalue weighted by molar-refractivity contribution is 9.10. The summed E-state index contributed by atoms with van der Waals surface area (Å²) in [5, 5.41) is 4.32. The lowest BCUT2D eigenvalue weighted by atomic mass is 10.1. The zero-order valence-electron chi connectivity index (χ0n) is 18.6. The minimum atomic E-state index is -0.0774. The van der Waals surface area contributed by atoms with Gasteiger partial charge in [-0.15, -0.1) is 0 Å². The van der Waals surface area contributed by atoms with E-state index in [1.165, 1.54) is 0 Å². The lowest BCUT2D eigenvalue weighted by Gasteiger charge is -2.19. The van der Waals surface area contributed by atoms with Crippen LogP contribution in [-0.2, 0) is 19.7 Å². The molecule has 31 heavy (non-hydrogen) atoms. The van der Waals surface area contributed by atoms with Gasteiger partial charge >= 0.3 is 0 Å². The Morgan fingerprint density at radius 3 is 2.65 bits per heavy atom. The number of benzene rings is 2. The molecule has 3 rings (SSSR count). The first-order valence-electron chi connectivity index (χ1n) is 10.2. The van der Waals surface area contributed by atoms with E-state index < -0.39 is 0 Å². The van der Waals surface area contributed by atoms with Crippen molar-refractivity contribution in [3.63, 3.8) is 0 Å². The van der Waals surface area contributed by atoms with E-state index in [1.54, 1.807) is 31.3 Å². The molecule has 0 spiro atoms. The smallest absolute Gasteiger partial charge is 0.253 e. The van der Waals surface area contributed by atoms with Crippen LogP contribution in [0.15, 0.2) is 47.1 Å². The Kier molecular flexibility index (Phi) is 7.38.